The molecule has 4 N–H and O–H groups in total. The van der Waals surface area contributed by atoms with Crippen LogP contribution in [0.1, 0.15) is 18.9 Å². The van der Waals surface area contributed by atoms with Crippen molar-refractivity contribution in [3.63, 3.8) is 0 Å². The molecule has 0 heterocycles. The Balaban J connectivity index is 0.00000441. The Hall–Kier alpha value is -1.24. The van der Waals surface area contributed by atoms with Gasteiger partial charge in [0, 0.05) is 5.69 Å². The quantitative estimate of drug-likeness (QED) is 0.671. The van der Waals surface area contributed by atoms with Gasteiger partial charge in [-0.25, -0.2) is 0 Å². The first-order valence-corrected chi connectivity index (χ1v) is 8.37. The van der Waals surface area contributed by atoms with E-state index < -0.39 is 6.04 Å². The van der Waals surface area contributed by atoms with Crippen LogP contribution >= 0.6 is 24.2 Å². The lowest BCUT2D eigenvalue weighted by atomic mass is 10.1. The van der Waals surface area contributed by atoms with Gasteiger partial charge in [-0.05, 0) is 42.5 Å². The second-order valence-electron chi connectivity index (χ2n) is 4.71. The number of hydrogen-bond donors (Lipinski definition) is 3. The van der Waals surface area contributed by atoms with Crippen LogP contribution in [0.25, 0.3) is 0 Å². The van der Waals surface area contributed by atoms with Crippen molar-refractivity contribution in [2.45, 2.75) is 25.8 Å². The van der Waals surface area contributed by atoms with Crippen LogP contribution in [0.2, 0.25) is 0 Å². The minimum Gasteiger partial charge on any atom is -0.346 e. The van der Waals surface area contributed by atoms with Gasteiger partial charge in [-0.15, -0.1) is 12.4 Å². The molecule has 0 unspecified atom stereocenters. The first kappa shape index (κ1) is 20.8. The standard InChI is InChI=1S/C15H23N3O2S.ClH/c1-3-11-5-4-6-12(9-11)18-14(19)10-17-15(20)13(16)7-8-21-2;/h4-6,9,13H,3,7-8,10,16H2,1-2H3,(H,17,20)(H,18,19);1H/t13-;/m0./s1. The lowest BCUT2D eigenvalue weighted by Crippen LogP contribution is -2.43. The zero-order valence-electron chi connectivity index (χ0n) is 12.9. The van der Waals surface area contributed by atoms with Gasteiger partial charge in [0.15, 0.2) is 0 Å². The first-order chi connectivity index (χ1) is 10.1. The second kappa shape index (κ2) is 11.3. The predicted octanol–water partition coefficient (Wildman–Crippen LogP) is 1.81. The van der Waals surface area contributed by atoms with Crippen molar-refractivity contribution in [3.8, 4) is 0 Å². The fourth-order valence-corrected chi connectivity index (χ4v) is 2.24. The van der Waals surface area contributed by atoms with Crippen molar-refractivity contribution in [1.29, 1.82) is 0 Å². The zero-order valence-corrected chi connectivity index (χ0v) is 14.6. The Labute approximate surface area is 142 Å². The van der Waals surface area contributed by atoms with Crippen LogP contribution in [0.15, 0.2) is 24.3 Å². The summed E-state index contributed by atoms with van der Waals surface area (Å²) >= 11 is 1.64. The maximum Gasteiger partial charge on any atom is 0.243 e. The normalized spacial score (nSPS) is 11.2. The Morgan fingerprint density at radius 1 is 1.36 bits per heavy atom. The van der Waals surface area contributed by atoms with E-state index in [0.717, 1.165) is 23.4 Å². The average Bonchev–Trinajstić information content (AvgIpc) is 2.50. The molecule has 1 aromatic carbocycles. The van der Waals surface area contributed by atoms with E-state index >= 15 is 0 Å². The number of anilines is 1. The lowest BCUT2D eigenvalue weighted by molar-refractivity contribution is -0.125. The fraction of sp³-hybridized carbons (Fsp3) is 0.467. The molecule has 1 atom stereocenters. The smallest absolute Gasteiger partial charge is 0.243 e. The zero-order chi connectivity index (χ0) is 15.7. The van der Waals surface area contributed by atoms with Crippen LogP contribution < -0.4 is 16.4 Å². The third-order valence-corrected chi connectivity index (χ3v) is 3.66. The van der Waals surface area contributed by atoms with E-state index in [2.05, 4.69) is 17.6 Å². The average molecular weight is 346 g/mol. The Morgan fingerprint density at radius 3 is 2.73 bits per heavy atom. The molecule has 5 nitrogen and oxygen atoms in total. The number of halogens is 1. The molecular weight excluding hydrogens is 322 g/mol. The largest absolute Gasteiger partial charge is 0.346 e. The summed E-state index contributed by atoms with van der Waals surface area (Å²) in [4.78, 5) is 23.5. The topological polar surface area (TPSA) is 84.2 Å². The van der Waals surface area contributed by atoms with Gasteiger partial charge in [-0.3, -0.25) is 9.59 Å². The number of hydrogen-bond acceptors (Lipinski definition) is 4. The summed E-state index contributed by atoms with van der Waals surface area (Å²) in [6, 6.07) is 7.08. The van der Waals surface area contributed by atoms with Crippen LogP contribution in [0.4, 0.5) is 5.69 Å². The number of nitrogens with two attached hydrogens (primary N) is 1. The molecule has 0 fully saturated rings. The number of thioether (sulfide) groups is 1. The number of rotatable bonds is 8. The van der Waals surface area contributed by atoms with E-state index in [1.807, 2.05) is 30.5 Å². The summed E-state index contributed by atoms with van der Waals surface area (Å²) in [7, 11) is 0. The predicted molar refractivity (Wildman–Crippen MR) is 95.7 cm³/mol. The lowest BCUT2D eigenvalue weighted by Gasteiger charge is -2.12. The molecule has 0 radical (unpaired) electrons. The van der Waals surface area contributed by atoms with Crippen molar-refractivity contribution in [2.24, 2.45) is 5.73 Å². The molecule has 0 saturated carbocycles. The van der Waals surface area contributed by atoms with Crippen LogP contribution in [-0.4, -0.2) is 36.4 Å². The monoisotopic (exact) mass is 345 g/mol. The molecule has 0 aromatic heterocycles. The van der Waals surface area contributed by atoms with Crippen molar-refractivity contribution in [3.05, 3.63) is 29.8 Å². The van der Waals surface area contributed by atoms with Gasteiger partial charge in [-0.1, -0.05) is 19.1 Å². The first-order valence-electron chi connectivity index (χ1n) is 6.97. The number of nitrogens with one attached hydrogen (secondary N) is 2. The third-order valence-electron chi connectivity index (χ3n) is 3.01. The molecule has 124 valence electrons. The number of aryl methyl sites for hydroxylation is 1. The molecule has 22 heavy (non-hydrogen) atoms. The molecule has 0 spiro atoms. The highest BCUT2D eigenvalue weighted by atomic mass is 35.5. The molecule has 0 bridgehead atoms. The van der Waals surface area contributed by atoms with E-state index in [1.165, 1.54) is 0 Å². The summed E-state index contributed by atoms with van der Waals surface area (Å²) in [5.74, 6) is 0.278. The molecule has 1 rings (SSSR count). The van der Waals surface area contributed by atoms with Crippen LogP contribution in [-0.2, 0) is 16.0 Å². The van der Waals surface area contributed by atoms with E-state index in [1.54, 1.807) is 11.8 Å². The maximum absolute atomic E-state index is 11.8. The van der Waals surface area contributed by atoms with E-state index in [0.29, 0.717) is 6.42 Å². The van der Waals surface area contributed by atoms with Crippen molar-refractivity contribution in [2.75, 3.05) is 23.9 Å². The van der Waals surface area contributed by atoms with Gasteiger partial charge in [0.2, 0.25) is 11.8 Å². The van der Waals surface area contributed by atoms with Crippen LogP contribution in [0, 0.1) is 0 Å². The number of benzene rings is 1. The fourth-order valence-electron chi connectivity index (χ4n) is 1.75. The van der Waals surface area contributed by atoms with Crippen molar-refractivity contribution < 1.29 is 9.59 Å². The minimum atomic E-state index is -0.561. The number of carbonyl (C=O) groups excluding carboxylic acids is 2. The van der Waals surface area contributed by atoms with Crippen molar-refractivity contribution in [1.82, 2.24) is 5.32 Å². The van der Waals surface area contributed by atoms with E-state index in [-0.39, 0.29) is 30.8 Å². The highest BCUT2D eigenvalue weighted by molar-refractivity contribution is 7.98. The Morgan fingerprint density at radius 2 is 2.09 bits per heavy atom. The number of carbonyl (C=O) groups is 2. The molecule has 0 saturated heterocycles. The summed E-state index contributed by atoms with van der Waals surface area (Å²) in [6.45, 7) is 1.99. The van der Waals surface area contributed by atoms with Crippen molar-refractivity contribution >= 4 is 41.7 Å². The second-order valence-corrected chi connectivity index (χ2v) is 5.69. The Bertz CT molecular complexity index is 486. The summed E-state index contributed by atoms with van der Waals surface area (Å²) in [6.07, 6.45) is 3.47. The van der Waals surface area contributed by atoms with Gasteiger partial charge in [0.1, 0.15) is 0 Å². The van der Waals surface area contributed by atoms with Gasteiger partial charge in [0.05, 0.1) is 12.6 Å². The maximum atomic E-state index is 11.8. The highest BCUT2D eigenvalue weighted by Gasteiger charge is 2.13. The molecule has 0 aliphatic heterocycles. The van der Waals surface area contributed by atoms with Crippen LogP contribution in [0.3, 0.4) is 0 Å². The molecule has 1 aromatic rings. The van der Waals surface area contributed by atoms with Gasteiger partial charge >= 0.3 is 0 Å². The van der Waals surface area contributed by atoms with Gasteiger partial charge in [0.25, 0.3) is 0 Å². The molecule has 7 heteroatoms. The Kier molecular flexibility index (Phi) is 10.7. The summed E-state index contributed by atoms with van der Waals surface area (Å²) < 4.78 is 0. The van der Waals surface area contributed by atoms with Crippen LogP contribution in [0.5, 0.6) is 0 Å². The van der Waals surface area contributed by atoms with Gasteiger partial charge in [-0.2, -0.15) is 11.8 Å². The minimum absolute atomic E-state index is 0. The van der Waals surface area contributed by atoms with E-state index in [4.69, 9.17) is 5.73 Å². The molecule has 2 amide bonds. The number of amides is 2. The molecule has 0 aliphatic rings. The third kappa shape index (κ3) is 7.68. The molecule has 0 aliphatic carbocycles. The highest BCUT2D eigenvalue weighted by Crippen LogP contribution is 2.10. The summed E-state index contributed by atoms with van der Waals surface area (Å²) in [5, 5.41) is 5.31. The SMILES string of the molecule is CCc1cccc(NC(=O)CNC(=O)[C@@H](N)CCSC)c1.Cl. The molecular formula is C15H24ClN3O2S. The van der Waals surface area contributed by atoms with Gasteiger partial charge < -0.3 is 16.4 Å². The van der Waals surface area contributed by atoms with E-state index in [9.17, 15) is 9.59 Å². The summed E-state index contributed by atoms with van der Waals surface area (Å²) in [5.41, 5.74) is 7.61.